The summed E-state index contributed by atoms with van der Waals surface area (Å²) in [5, 5.41) is 2.85. The molecule has 1 aliphatic rings. The summed E-state index contributed by atoms with van der Waals surface area (Å²) in [7, 11) is 4.47. The molecule has 3 N–H and O–H groups in total. The average molecular weight is 587 g/mol. The molecule has 1 aromatic rings. The minimum atomic E-state index is -1.94. The molecule has 3 unspecified atom stereocenters. The first kappa shape index (κ1) is 32.7. The number of hydrogen-bond acceptors (Lipinski definition) is 10. The summed E-state index contributed by atoms with van der Waals surface area (Å²) in [6.07, 6.45) is 6.46. The first-order chi connectivity index (χ1) is 18.4. The van der Waals surface area contributed by atoms with Gasteiger partial charge in [0, 0.05) is 23.5 Å². The number of benzene rings is 1. The Bertz CT molecular complexity index is 856. The van der Waals surface area contributed by atoms with Crippen LogP contribution in [0.15, 0.2) is 30.3 Å². The molecule has 11 heteroatoms. The summed E-state index contributed by atoms with van der Waals surface area (Å²) < 4.78 is 15.7. The van der Waals surface area contributed by atoms with E-state index in [0.717, 1.165) is 42.8 Å². The average Bonchev–Trinajstić information content (AvgIpc) is 2.93. The van der Waals surface area contributed by atoms with E-state index in [0.29, 0.717) is 25.0 Å². The highest BCUT2D eigenvalue weighted by Crippen LogP contribution is 2.36. The number of hydrogen-bond donors (Lipinski definition) is 2. The minimum absolute atomic E-state index is 0.0816. The van der Waals surface area contributed by atoms with Crippen LogP contribution in [0.2, 0.25) is 0 Å². The lowest BCUT2D eigenvalue weighted by Crippen LogP contribution is -2.64. The van der Waals surface area contributed by atoms with Crippen LogP contribution in [-0.4, -0.2) is 67.0 Å². The van der Waals surface area contributed by atoms with Crippen molar-refractivity contribution in [3.63, 3.8) is 0 Å². The monoisotopic (exact) mass is 586 g/mol. The molecule has 1 saturated carbocycles. The molecule has 0 radical (unpaired) electrons. The molecule has 1 aliphatic carbocycles. The van der Waals surface area contributed by atoms with Gasteiger partial charge in [-0.1, -0.05) is 71.2 Å². The SMILES string of the molecule is CCOC(=O)OC(NC(=O)C(CSSCC(N)CCSC)Cc1ccccc1)(C(=O)OC)C1CCCCC1. The predicted molar refractivity (Wildman–Crippen MR) is 157 cm³/mol. The van der Waals surface area contributed by atoms with Gasteiger partial charge in [0.15, 0.2) is 0 Å². The van der Waals surface area contributed by atoms with Crippen LogP contribution in [0.4, 0.5) is 4.79 Å². The maximum atomic E-state index is 13.8. The molecule has 0 heterocycles. The molecule has 214 valence electrons. The molecule has 38 heavy (non-hydrogen) atoms. The number of thioether (sulfide) groups is 1. The number of methoxy groups -OCH3 is 1. The number of ether oxygens (including phenoxy) is 3. The molecule has 1 amide bonds. The van der Waals surface area contributed by atoms with Crippen molar-refractivity contribution in [2.24, 2.45) is 17.6 Å². The molecule has 0 aliphatic heterocycles. The zero-order valence-electron chi connectivity index (χ0n) is 22.6. The van der Waals surface area contributed by atoms with Gasteiger partial charge in [0.05, 0.1) is 19.6 Å². The maximum Gasteiger partial charge on any atom is 0.510 e. The van der Waals surface area contributed by atoms with Crippen LogP contribution in [-0.2, 0) is 30.2 Å². The summed E-state index contributed by atoms with van der Waals surface area (Å²) >= 11 is 1.78. The molecular formula is C27H42N2O6S3. The standard InChI is InChI=1S/C27H42N2O6S3/c1-4-34-26(32)35-27(25(31)33-2,22-13-9-6-10-14-22)29-24(30)21(17-20-11-7-5-8-12-20)18-37-38-19-23(28)15-16-36-3/h5,7-8,11-12,21-23H,4,6,9-10,13-19,28H2,1-3H3,(H,29,30). The van der Waals surface area contributed by atoms with Gasteiger partial charge >= 0.3 is 12.1 Å². The summed E-state index contributed by atoms with van der Waals surface area (Å²) in [6, 6.07) is 9.83. The van der Waals surface area contributed by atoms with Crippen LogP contribution in [0.3, 0.4) is 0 Å². The van der Waals surface area contributed by atoms with Crippen LogP contribution < -0.4 is 11.1 Å². The van der Waals surface area contributed by atoms with Gasteiger partial charge < -0.3 is 25.3 Å². The van der Waals surface area contributed by atoms with Crippen LogP contribution >= 0.6 is 33.3 Å². The Labute approximate surface area is 239 Å². The van der Waals surface area contributed by atoms with Gasteiger partial charge in [0.25, 0.3) is 5.72 Å². The smallest absolute Gasteiger partial charge is 0.465 e. The van der Waals surface area contributed by atoms with Crippen molar-refractivity contribution >= 4 is 51.4 Å². The Morgan fingerprint density at radius 1 is 1.11 bits per heavy atom. The van der Waals surface area contributed by atoms with Crippen molar-refractivity contribution in [3.8, 4) is 0 Å². The molecule has 3 atom stereocenters. The topological polar surface area (TPSA) is 117 Å². The Morgan fingerprint density at radius 2 is 1.79 bits per heavy atom. The Balaban J connectivity index is 2.25. The number of carbonyl (C=O) groups excluding carboxylic acids is 3. The molecular weight excluding hydrogens is 545 g/mol. The lowest BCUT2D eigenvalue weighted by molar-refractivity contribution is -0.183. The zero-order chi connectivity index (χ0) is 27.8. The van der Waals surface area contributed by atoms with E-state index in [-0.39, 0.29) is 18.6 Å². The Kier molecular flexibility index (Phi) is 15.4. The van der Waals surface area contributed by atoms with E-state index in [9.17, 15) is 14.4 Å². The summed E-state index contributed by atoms with van der Waals surface area (Å²) in [5.41, 5.74) is 5.27. The van der Waals surface area contributed by atoms with Crippen LogP contribution in [0.5, 0.6) is 0 Å². The molecule has 0 aromatic heterocycles. The highest BCUT2D eigenvalue weighted by Gasteiger charge is 2.53. The zero-order valence-corrected chi connectivity index (χ0v) is 25.1. The van der Waals surface area contributed by atoms with Crippen molar-refractivity contribution in [2.75, 3.05) is 37.2 Å². The number of carbonyl (C=O) groups is 3. The second kappa shape index (κ2) is 17.9. The van der Waals surface area contributed by atoms with Crippen molar-refractivity contribution in [1.82, 2.24) is 5.32 Å². The van der Waals surface area contributed by atoms with E-state index in [1.807, 2.05) is 30.3 Å². The summed E-state index contributed by atoms with van der Waals surface area (Å²) in [5.74, 6) is 0.247. The number of nitrogens with two attached hydrogens (primary N) is 1. The van der Waals surface area contributed by atoms with Gasteiger partial charge in [0.2, 0.25) is 5.91 Å². The molecule has 1 aromatic carbocycles. The Morgan fingerprint density at radius 3 is 2.42 bits per heavy atom. The van der Waals surface area contributed by atoms with E-state index in [4.69, 9.17) is 19.9 Å². The Hall–Kier alpha value is -1.56. The van der Waals surface area contributed by atoms with Gasteiger partial charge in [-0.15, -0.1) is 0 Å². The molecule has 0 saturated heterocycles. The number of nitrogens with one attached hydrogen (secondary N) is 1. The summed E-state index contributed by atoms with van der Waals surface area (Å²) in [4.78, 5) is 39.5. The lowest BCUT2D eigenvalue weighted by Gasteiger charge is -2.39. The van der Waals surface area contributed by atoms with Gasteiger partial charge in [-0.2, -0.15) is 11.8 Å². The fourth-order valence-electron chi connectivity index (χ4n) is 4.44. The third-order valence-corrected chi connectivity index (χ3v) is 9.74. The van der Waals surface area contributed by atoms with Crippen molar-refractivity contribution < 1.29 is 28.6 Å². The van der Waals surface area contributed by atoms with E-state index in [1.54, 1.807) is 40.3 Å². The second-order valence-electron chi connectivity index (χ2n) is 9.33. The quantitative estimate of drug-likeness (QED) is 0.118. The van der Waals surface area contributed by atoms with E-state index < -0.39 is 29.7 Å². The molecule has 0 spiro atoms. The third-order valence-electron chi connectivity index (χ3n) is 6.51. The maximum absolute atomic E-state index is 13.8. The van der Waals surface area contributed by atoms with Crippen molar-refractivity contribution in [2.45, 2.75) is 63.6 Å². The number of amides is 1. The summed E-state index contributed by atoms with van der Waals surface area (Å²) in [6.45, 7) is 1.73. The number of esters is 1. The molecule has 2 rings (SSSR count). The van der Waals surface area contributed by atoms with E-state index >= 15 is 0 Å². The van der Waals surface area contributed by atoms with E-state index in [1.165, 1.54) is 7.11 Å². The molecule has 1 fully saturated rings. The first-order valence-corrected chi connectivity index (χ1v) is 17.0. The second-order valence-corrected chi connectivity index (χ2v) is 12.9. The third kappa shape index (κ3) is 10.5. The highest BCUT2D eigenvalue weighted by molar-refractivity contribution is 8.76. The highest BCUT2D eigenvalue weighted by atomic mass is 33.1. The molecule has 0 bridgehead atoms. The number of rotatable bonds is 16. The lowest BCUT2D eigenvalue weighted by atomic mass is 9.80. The van der Waals surface area contributed by atoms with Gasteiger partial charge in [-0.25, -0.2) is 9.59 Å². The van der Waals surface area contributed by atoms with Crippen LogP contribution in [0.1, 0.15) is 51.0 Å². The normalized spacial score (nSPS) is 17.1. The van der Waals surface area contributed by atoms with Crippen molar-refractivity contribution in [3.05, 3.63) is 35.9 Å². The van der Waals surface area contributed by atoms with Gasteiger partial charge in [-0.3, -0.25) is 4.79 Å². The predicted octanol–water partition coefficient (Wildman–Crippen LogP) is 5.05. The van der Waals surface area contributed by atoms with Gasteiger partial charge in [-0.05, 0) is 50.2 Å². The van der Waals surface area contributed by atoms with Crippen molar-refractivity contribution in [1.29, 1.82) is 0 Å². The van der Waals surface area contributed by atoms with Gasteiger partial charge in [0.1, 0.15) is 0 Å². The fraction of sp³-hybridized carbons (Fsp3) is 0.667. The largest absolute Gasteiger partial charge is 0.510 e. The first-order valence-electron chi connectivity index (χ1n) is 13.1. The fourth-order valence-corrected chi connectivity index (χ4v) is 7.54. The van der Waals surface area contributed by atoms with Crippen LogP contribution in [0.25, 0.3) is 0 Å². The van der Waals surface area contributed by atoms with E-state index in [2.05, 4.69) is 11.6 Å². The molecule has 8 nitrogen and oxygen atoms in total. The van der Waals surface area contributed by atoms with Crippen LogP contribution in [0, 0.1) is 11.8 Å². The minimum Gasteiger partial charge on any atom is -0.465 e.